The van der Waals surface area contributed by atoms with E-state index in [9.17, 15) is 10.2 Å². The fraction of sp³-hybridized carbons (Fsp3) is 0.294. The third-order valence-electron chi connectivity index (χ3n) is 6.85. The van der Waals surface area contributed by atoms with Crippen LogP contribution in [0.1, 0.15) is 42.6 Å². The summed E-state index contributed by atoms with van der Waals surface area (Å²) < 4.78 is 11.3. The minimum atomic E-state index is -0.660. The summed E-state index contributed by atoms with van der Waals surface area (Å²) in [7, 11) is 1.69. The Hall–Kier alpha value is -3.84. The molecule has 4 aromatic rings. The average molecular weight is 541 g/mol. The van der Waals surface area contributed by atoms with Gasteiger partial charge in [0.15, 0.2) is 0 Å². The quantitative estimate of drug-likeness (QED) is 0.127. The van der Waals surface area contributed by atoms with Gasteiger partial charge in [-0.15, -0.1) is 0 Å². The number of anilines is 2. The first-order chi connectivity index (χ1) is 19.6. The van der Waals surface area contributed by atoms with E-state index in [1.807, 2.05) is 48.5 Å². The maximum atomic E-state index is 10.6. The number of hydrogen-bond acceptors (Lipinski definition) is 6. The summed E-state index contributed by atoms with van der Waals surface area (Å²) in [6.45, 7) is 3.80. The fourth-order valence-corrected chi connectivity index (χ4v) is 4.54. The summed E-state index contributed by atoms with van der Waals surface area (Å²) in [6.07, 6.45) is 2.21. The number of hydrogen-bond donors (Lipinski definition) is 4. The van der Waals surface area contributed by atoms with Gasteiger partial charge in [0.1, 0.15) is 11.5 Å². The summed E-state index contributed by atoms with van der Waals surface area (Å²) in [4.78, 5) is 0. The number of ether oxygens (including phenoxy) is 2. The molecule has 0 amide bonds. The Labute approximate surface area is 237 Å². The van der Waals surface area contributed by atoms with Gasteiger partial charge in [-0.05, 0) is 78.5 Å². The van der Waals surface area contributed by atoms with Crippen LogP contribution in [0.3, 0.4) is 0 Å². The molecule has 0 aromatic heterocycles. The lowest BCUT2D eigenvalue weighted by atomic mass is 10.0. The lowest BCUT2D eigenvalue weighted by molar-refractivity contribution is 0.174. The number of methoxy groups -OCH3 is 1. The first kappa shape index (κ1) is 29.2. The standard InChI is InChI=1S/C34H40N2O4/c1-3-4-20-40-33-16-12-27(21-28(33)24-37)32(38)23-35-19-18-25-10-13-29(14-11-25)36-30-15-17-34(39-2)31(22-30)26-8-6-5-7-9-26/h5-17,21-22,32,35-38H,3-4,18-20,23-24H2,1-2H3/t32-/m0/s1. The van der Waals surface area contributed by atoms with Crippen molar-refractivity contribution in [3.8, 4) is 22.6 Å². The summed E-state index contributed by atoms with van der Waals surface area (Å²) in [5, 5.41) is 27.2. The van der Waals surface area contributed by atoms with E-state index in [-0.39, 0.29) is 6.61 Å². The van der Waals surface area contributed by atoms with Crippen molar-refractivity contribution >= 4 is 11.4 Å². The van der Waals surface area contributed by atoms with Crippen LogP contribution >= 0.6 is 0 Å². The Morgan fingerprint density at radius 1 is 0.850 bits per heavy atom. The molecule has 0 saturated carbocycles. The van der Waals surface area contributed by atoms with Crippen molar-refractivity contribution in [1.82, 2.24) is 5.32 Å². The Balaban J connectivity index is 1.26. The summed E-state index contributed by atoms with van der Waals surface area (Å²) in [5.41, 5.74) is 6.84. The highest BCUT2D eigenvalue weighted by atomic mass is 16.5. The molecule has 0 fully saturated rings. The first-order valence-corrected chi connectivity index (χ1v) is 14.0. The van der Waals surface area contributed by atoms with Crippen molar-refractivity contribution in [3.05, 3.63) is 108 Å². The van der Waals surface area contributed by atoms with Crippen LogP contribution in [0.25, 0.3) is 11.1 Å². The molecule has 1 atom stereocenters. The zero-order chi connectivity index (χ0) is 28.2. The van der Waals surface area contributed by atoms with Crippen LogP contribution in [-0.4, -0.2) is 37.0 Å². The zero-order valence-electron chi connectivity index (χ0n) is 23.4. The highest BCUT2D eigenvalue weighted by molar-refractivity contribution is 5.76. The average Bonchev–Trinajstić information content (AvgIpc) is 3.00. The van der Waals surface area contributed by atoms with Crippen LogP contribution in [0.2, 0.25) is 0 Å². The van der Waals surface area contributed by atoms with Gasteiger partial charge in [0.25, 0.3) is 0 Å². The van der Waals surface area contributed by atoms with E-state index in [1.165, 1.54) is 5.56 Å². The molecule has 0 aliphatic carbocycles. The number of aliphatic hydroxyl groups is 2. The summed E-state index contributed by atoms with van der Waals surface area (Å²) in [5.74, 6) is 1.52. The maximum absolute atomic E-state index is 10.6. The van der Waals surface area contributed by atoms with Gasteiger partial charge in [-0.1, -0.05) is 61.9 Å². The van der Waals surface area contributed by atoms with Gasteiger partial charge in [0.05, 0.1) is 26.4 Å². The van der Waals surface area contributed by atoms with Gasteiger partial charge >= 0.3 is 0 Å². The molecule has 0 aliphatic heterocycles. The van der Waals surface area contributed by atoms with E-state index < -0.39 is 6.10 Å². The van der Waals surface area contributed by atoms with Gasteiger partial charge in [0, 0.05) is 29.0 Å². The van der Waals surface area contributed by atoms with Crippen molar-refractivity contribution < 1.29 is 19.7 Å². The van der Waals surface area contributed by atoms with E-state index >= 15 is 0 Å². The topological polar surface area (TPSA) is 83.0 Å². The molecule has 6 heteroatoms. The normalized spacial score (nSPS) is 11.7. The Morgan fingerprint density at radius 2 is 1.60 bits per heavy atom. The first-order valence-electron chi connectivity index (χ1n) is 14.0. The van der Waals surface area contributed by atoms with E-state index in [0.29, 0.717) is 24.5 Å². The largest absolute Gasteiger partial charge is 0.496 e. The van der Waals surface area contributed by atoms with Gasteiger partial charge in [-0.3, -0.25) is 0 Å². The zero-order valence-corrected chi connectivity index (χ0v) is 23.4. The third-order valence-corrected chi connectivity index (χ3v) is 6.85. The number of benzene rings is 4. The van der Waals surface area contributed by atoms with Gasteiger partial charge in [-0.2, -0.15) is 0 Å². The highest BCUT2D eigenvalue weighted by Crippen LogP contribution is 2.33. The lowest BCUT2D eigenvalue weighted by Gasteiger charge is -2.16. The number of nitrogens with one attached hydrogen (secondary N) is 2. The number of unbranched alkanes of at least 4 members (excludes halogenated alkanes) is 1. The van der Waals surface area contributed by atoms with Gasteiger partial charge in [-0.25, -0.2) is 0 Å². The van der Waals surface area contributed by atoms with E-state index in [0.717, 1.165) is 59.6 Å². The van der Waals surface area contributed by atoms with Crippen molar-refractivity contribution in [1.29, 1.82) is 0 Å². The molecule has 0 aliphatic rings. The van der Waals surface area contributed by atoms with Crippen LogP contribution in [-0.2, 0) is 13.0 Å². The van der Waals surface area contributed by atoms with Gasteiger partial charge in [0.2, 0.25) is 0 Å². The Morgan fingerprint density at radius 3 is 2.33 bits per heavy atom. The molecule has 0 radical (unpaired) electrons. The second-order valence-corrected chi connectivity index (χ2v) is 9.80. The molecule has 4 N–H and O–H groups in total. The maximum Gasteiger partial charge on any atom is 0.126 e. The van der Waals surface area contributed by atoms with Crippen molar-refractivity contribution in [3.63, 3.8) is 0 Å². The second-order valence-electron chi connectivity index (χ2n) is 9.80. The number of aliphatic hydroxyl groups excluding tert-OH is 2. The molecular formula is C34H40N2O4. The molecule has 0 saturated heterocycles. The van der Waals surface area contributed by atoms with Crippen LogP contribution in [0, 0.1) is 0 Å². The second kappa shape index (κ2) is 15.1. The molecular weight excluding hydrogens is 500 g/mol. The van der Waals surface area contributed by atoms with E-state index in [1.54, 1.807) is 7.11 Å². The highest BCUT2D eigenvalue weighted by Gasteiger charge is 2.12. The molecule has 40 heavy (non-hydrogen) atoms. The molecule has 4 aromatic carbocycles. The Bertz CT molecular complexity index is 1330. The minimum absolute atomic E-state index is 0.118. The number of rotatable bonds is 15. The SMILES string of the molecule is CCCCOc1ccc([C@@H](O)CNCCc2ccc(Nc3ccc(OC)c(-c4ccccc4)c3)cc2)cc1CO. The van der Waals surface area contributed by atoms with Crippen LogP contribution in [0.4, 0.5) is 11.4 Å². The Kier molecular flexibility index (Phi) is 11.0. The molecule has 0 spiro atoms. The summed E-state index contributed by atoms with van der Waals surface area (Å²) in [6, 6.07) is 30.3. The third kappa shape index (κ3) is 8.09. The van der Waals surface area contributed by atoms with E-state index in [4.69, 9.17) is 9.47 Å². The minimum Gasteiger partial charge on any atom is -0.496 e. The van der Waals surface area contributed by atoms with Crippen LogP contribution in [0.5, 0.6) is 11.5 Å². The van der Waals surface area contributed by atoms with Crippen molar-refractivity contribution in [2.75, 3.05) is 32.1 Å². The smallest absolute Gasteiger partial charge is 0.126 e. The van der Waals surface area contributed by atoms with Gasteiger partial charge < -0.3 is 30.3 Å². The monoisotopic (exact) mass is 540 g/mol. The molecule has 0 heterocycles. The van der Waals surface area contributed by atoms with Crippen molar-refractivity contribution in [2.45, 2.75) is 38.9 Å². The van der Waals surface area contributed by atoms with Crippen LogP contribution < -0.4 is 20.1 Å². The molecule has 0 bridgehead atoms. The van der Waals surface area contributed by atoms with Crippen LogP contribution in [0.15, 0.2) is 91.0 Å². The van der Waals surface area contributed by atoms with Crippen molar-refractivity contribution in [2.24, 2.45) is 0 Å². The summed E-state index contributed by atoms with van der Waals surface area (Å²) >= 11 is 0. The molecule has 6 nitrogen and oxygen atoms in total. The molecule has 210 valence electrons. The predicted octanol–water partition coefficient (Wildman–Crippen LogP) is 6.64. The van der Waals surface area contributed by atoms with E-state index in [2.05, 4.69) is 60.0 Å². The lowest BCUT2D eigenvalue weighted by Crippen LogP contribution is -2.23. The fourth-order valence-electron chi connectivity index (χ4n) is 4.54. The molecule has 0 unspecified atom stereocenters. The predicted molar refractivity (Wildman–Crippen MR) is 162 cm³/mol. The molecule has 4 rings (SSSR count).